The molecular weight excluding hydrogens is 380 g/mol. The lowest BCUT2D eigenvalue weighted by Gasteiger charge is -2.51. The van der Waals surface area contributed by atoms with Crippen molar-refractivity contribution in [1.29, 1.82) is 0 Å². The maximum atomic E-state index is 12.1. The van der Waals surface area contributed by atoms with Crippen LogP contribution >= 0.6 is 0 Å². The van der Waals surface area contributed by atoms with Crippen molar-refractivity contribution >= 4 is 17.7 Å². The summed E-state index contributed by atoms with van der Waals surface area (Å²) in [7, 11) is 1.27. The Morgan fingerprint density at radius 2 is 1.93 bits per heavy atom. The zero-order valence-electron chi connectivity index (χ0n) is 19.2. The minimum atomic E-state index is -0.710. The minimum Gasteiger partial charge on any atom is -0.463 e. The van der Waals surface area contributed by atoms with E-state index in [-0.39, 0.29) is 23.4 Å². The number of allylic oxidation sites excluding steroid dienone is 1. The van der Waals surface area contributed by atoms with Crippen molar-refractivity contribution in [2.24, 2.45) is 35.0 Å². The number of carbonyl (C=O) groups is 3. The standard InChI is InChI=1S/C25H38O5/c1-15(12-23(27)24(28)29-5)21-8-9-22-20-7-6-18(13-16(2)30-17(3)26)14-19(20)10-11-25(21,22)4/h6,15-16,19-22H,7-14H2,1-5H3/t15-,16?,19-,20-,21-,22+,25-/m1/s1. The van der Waals surface area contributed by atoms with E-state index in [1.807, 2.05) is 6.92 Å². The van der Waals surface area contributed by atoms with Crippen LogP contribution in [0.2, 0.25) is 0 Å². The van der Waals surface area contributed by atoms with Gasteiger partial charge >= 0.3 is 11.9 Å². The van der Waals surface area contributed by atoms with E-state index in [1.54, 1.807) is 0 Å². The van der Waals surface area contributed by atoms with E-state index in [2.05, 4.69) is 24.7 Å². The fourth-order valence-corrected chi connectivity index (χ4v) is 7.17. The van der Waals surface area contributed by atoms with Crippen molar-refractivity contribution in [3.8, 4) is 0 Å². The van der Waals surface area contributed by atoms with Gasteiger partial charge in [0, 0.05) is 19.8 Å². The molecule has 30 heavy (non-hydrogen) atoms. The zero-order chi connectivity index (χ0) is 22.1. The molecule has 0 aromatic rings. The smallest absolute Gasteiger partial charge is 0.374 e. The van der Waals surface area contributed by atoms with Crippen LogP contribution in [-0.4, -0.2) is 30.9 Å². The van der Waals surface area contributed by atoms with Gasteiger partial charge in [-0.1, -0.05) is 25.5 Å². The van der Waals surface area contributed by atoms with Crippen LogP contribution in [0.15, 0.2) is 11.6 Å². The normalized spacial score (nSPS) is 34.8. The van der Waals surface area contributed by atoms with Crippen molar-refractivity contribution < 1.29 is 23.9 Å². The first-order valence-corrected chi connectivity index (χ1v) is 11.6. The molecule has 2 saturated carbocycles. The Labute approximate surface area is 181 Å². The van der Waals surface area contributed by atoms with Gasteiger partial charge in [0.15, 0.2) is 0 Å². The SMILES string of the molecule is COC(=O)C(=O)C[C@@H](C)[C@H]1CC[C@H]2[C@@H]3CC=C(CC(C)OC(C)=O)C[C@H]3CC[C@]12C. The fraction of sp³-hybridized carbons (Fsp3) is 0.800. The first-order chi connectivity index (χ1) is 14.2. The zero-order valence-corrected chi connectivity index (χ0v) is 19.2. The van der Waals surface area contributed by atoms with Gasteiger partial charge in [0.05, 0.1) is 7.11 Å². The van der Waals surface area contributed by atoms with Crippen molar-refractivity contribution in [1.82, 2.24) is 0 Å². The maximum Gasteiger partial charge on any atom is 0.374 e. The average Bonchev–Trinajstić information content (AvgIpc) is 3.04. The molecule has 0 aliphatic heterocycles. The molecule has 0 N–H and O–H groups in total. The summed E-state index contributed by atoms with van der Waals surface area (Å²) in [4.78, 5) is 34.9. The van der Waals surface area contributed by atoms with Crippen LogP contribution in [0.25, 0.3) is 0 Å². The Bertz CT molecular complexity index is 710. The van der Waals surface area contributed by atoms with Crippen molar-refractivity contribution in [3.05, 3.63) is 11.6 Å². The monoisotopic (exact) mass is 418 g/mol. The number of fused-ring (bicyclic) bond motifs is 3. The molecule has 3 aliphatic carbocycles. The summed E-state index contributed by atoms with van der Waals surface area (Å²) < 4.78 is 9.95. The molecule has 0 heterocycles. The number of Topliss-reactive ketones (excluding diaryl/α,β-unsaturated/α-hetero) is 1. The van der Waals surface area contributed by atoms with Crippen LogP contribution < -0.4 is 0 Å². The molecule has 3 rings (SSSR count). The fourth-order valence-electron chi connectivity index (χ4n) is 7.17. The highest BCUT2D eigenvalue weighted by Gasteiger charge is 2.55. The third kappa shape index (κ3) is 4.65. The lowest BCUT2D eigenvalue weighted by atomic mass is 9.54. The summed E-state index contributed by atoms with van der Waals surface area (Å²) in [5, 5.41) is 0. The molecule has 0 aromatic carbocycles. The van der Waals surface area contributed by atoms with E-state index in [9.17, 15) is 14.4 Å². The van der Waals surface area contributed by atoms with Gasteiger partial charge in [-0.3, -0.25) is 9.59 Å². The second kappa shape index (κ2) is 9.23. The molecule has 2 fully saturated rings. The molecule has 0 aromatic heterocycles. The predicted octanol–water partition coefficient (Wildman–Crippen LogP) is 4.88. The van der Waals surface area contributed by atoms with E-state index < -0.39 is 11.8 Å². The van der Waals surface area contributed by atoms with E-state index in [4.69, 9.17) is 4.74 Å². The Kier molecular flexibility index (Phi) is 7.09. The Hall–Kier alpha value is -1.65. The molecule has 0 radical (unpaired) electrons. The Balaban J connectivity index is 1.65. The number of hydrogen-bond donors (Lipinski definition) is 0. The van der Waals surface area contributed by atoms with E-state index in [0.29, 0.717) is 24.2 Å². The lowest BCUT2D eigenvalue weighted by Crippen LogP contribution is -2.44. The topological polar surface area (TPSA) is 69.7 Å². The number of ketones is 1. The maximum absolute atomic E-state index is 12.1. The van der Waals surface area contributed by atoms with Crippen molar-refractivity contribution in [2.45, 2.75) is 85.2 Å². The molecule has 7 atom stereocenters. The Morgan fingerprint density at radius 1 is 1.20 bits per heavy atom. The lowest BCUT2D eigenvalue weighted by molar-refractivity contribution is -0.152. The summed E-state index contributed by atoms with van der Waals surface area (Å²) >= 11 is 0. The molecule has 1 unspecified atom stereocenters. The third-order valence-corrected chi connectivity index (χ3v) is 8.39. The second-order valence-electron chi connectivity index (χ2n) is 10.3. The quantitative estimate of drug-likeness (QED) is 0.335. The molecular formula is C25H38O5. The first kappa shape index (κ1) is 23.0. The van der Waals surface area contributed by atoms with Gasteiger partial charge in [-0.25, -0.2) is 4.79 Å². The number of hydrogen-bond acceptors (Lipinski definition) is 5. The number of carbonyl (C=O) groups excluding carboxylic acids is 3. The first-order valence-electron chi connectivity index (χ1n) is 11.6. The van der Waals surface area contributed by atoms with E-state index >= 15 is 0 Å². The minimum absolute atomic E-state index is 0.0526. The molecule has 5 heteroatoms. The molecule has 0 bridgehead atoms. The van der Waals surface area contributed by atoms with Crippen molar-refractivity contribution in [3.63, 3.8) is 0 Å². The molecule has 3 aliphatic rings. The van der Waals surface area contributed by atoms with Gasteiger partial charge in [0.1, 0.15) is 6.10 Å². The average molecular weight is 419 g/mol. The highest BCUT2D eigenvalue weighted by atomic mass is 16.5. The van der Waals surface area contributed by atoms with Crippen LogP contribution in [0.4, 0.5) is 0 Å². The van der Waals surface area contributed by atoms with Crippen LogP contribution in [0.5, 0.6) is 0 Å². The van der Waals surface area contributed by atoms with Gasteiger partial charge in [-0.15, -0.1) is 0 Å². The summed E-state index contributed by atoms with van der Waals surface area (Å²) in [6.07, 6.45) is 10.6. The van der Waals surface area contributed by atoms with Crippen LogP contribution in [-0.2, 0) is 23.9 Å². The summed E-state index contributed by atoms with van der Waals surface area (Å²) in [5.74, 6) is 1.52. The molecule has 0 saturated heterocycles. The van der Waals surface area contributed by atoms with Crippen LogP contribution in [0.3, 0.4) is 0 Å². The van der Waals surface area contributed by atoms with E-state index in [1.165, 1.54) is 38.9 Å². The molecule has 168 valence electrons. The number of ether oxygens (including phenoxy) is 2. The molecule has 0 spiro atoms. The van der Waals surface area contributed by atoms with Crippen molar-refractivity contribution in [2.75, 3.05) is 7.11 Å². The Morgan fingerprint density at radius 3 is 2.60 bits per heavy atom. The van der Waals surface area contributed by atoms with Gasteiger partial charge < -0.3 is 9.47 Å². The number of methoxy groups -OCH3 is 1. The van der Waals surface area contributed by atoms with Crippen LogP contribution in [0, 0.1) is 35.0 Å². The predicted molar refractivity (Wildman–Crippen MR) is 115 cm³/mol. The third-order valence-electron chi connectivity index (χ3n) is 8.39. The highest BCUT2D eigenvalue weighted by molar-refractivity contribution is 6.33. The van der Waals surface area contributed by atoms with Gasteiger partial charge in [0.25, 0.3) is 0 Å². The number of rotatable bonds is 7. The molecule has 0 amide bonds. The van der Waals surface area contributed by atoms with Gasteiger partial charge in [-0.2, -0.15) is 0 Å². The van der Waals surface area contributed by atoms with Gasteiger partial charge in [0.2, 0.25) is 5.78 Å². The second-order valence-corrected chi connectivity index (χ2v) is 10.3. The van der Waals surface area contributed by atoms with E-state index in [0.717, 1.165) is 31.6 Å². The van der Waals surface area contributed by atoms with Crippen LogP contribution in [0.1, 0.15) is 79.1 Å². The summed E-state index contributed by atoms with van der Waals surface area (Å²) in [5.41, 5.74) is 1.70. The largest absolute Gasteiger partial charge is 0.463 e. The summed E-state index contributed by atoms with van der Waals surface area (Å²) in [6.45, 7) is 8.03. The summed E-state index contributed by atoms with van der Waals surface area (Å²) in [6, 6.07) is 0. The highest BCUT2D eigenvalue weighted by Crippen LogP contribution is 2.63. The molecule has 5 nitrogen and oxygen atoms in total. The number of esters is 2. The van der Waals surface area contributed by atoms with Gasteiger partial charge in [-0.05, 0) is 80.5 Å².